The molecule has 0 bridgehead atoms. The summed E-state index contributed by atoms with van der Waals surface area (Å²) in [5.41, 5.74) is 0. The van der Waals surface area contributed by atoms with Crippen LogP contribution in [0.25, 0.3) is 0 Å². The Morgan fingerprint density at radius 2 is 1.35 bits per heavy atom. The maximum absolute atomic E-state index is 6.28. The molecule has 2 aliphatic carbocycles. The molecular weight excluding hydrogens is 280 g/mol. The second kappa shape index (κ2) is 8.51. The molecule has 2 saturated carbocycles. The Morgan fingerprint density at radius 3 is 1.96 bits per heavy atom. The van der Waals surface area contributed by atoms with Crippen molar-refractivity contribution in [2.75, 3.05) is 6.61 Å². The standard InChI is InChI=1S/C22H36O/c1-3-18-10-13-21(14-11-18)22-15-12-20(16-23-22)9-8-19-6-4-17(2)5-7-19/h3,8-9,17-22H,1,4-7,10-16H2,2H3/b9-8+. The molecule has 1 saturated heterocycles. The Labute approximate surface area is 143 Å². The van der Waals surface area contributed by atoms with E-state index < -0.39 is 0 Å². The molecule has 23 heavy (non-hydrogen) atoms. The second-order valence-corrected chi connectivity index (χ2v) is 8.52. The van der Waals surface area contributed by atoms with Crippen LogP contribution in [-0.4, -0.2) is 12.7 Å². The fourth-order valence-electron chi connectivity index (χ4n) is 4.86. The van der Waals surface area contributed by atoms with Gasteiger partial charge in [0.25, 0.3) is 0 Å². The summed E-state index contributed by atoms with van der Waals surface area (Å²) < 4.78 is 6.28. The van der Waals surface area contributed by atoms with Crippen molar-refractivity contribution in [2.24, 2.45) is 29.6 Å². The summed E-state index contributed by atoms with van der Waals surface area (Å²) in [4.78, 5) is 0. The van der Waals surface area contributed by atoms with E-state index in [0.29, 0.717) is 12.0 Å². The first-order valence-corrected chi connectivity index (χ1v) is 10.2. The summed E-state index contributed by atoms with van der Waals surface area (Å²) in [6, 6.07) is 0. The minimum absolute atomic E-state index is 0.543. The zero-order valence-electron chi connectivity index (χ0n) is 15.1. The highest BCUT2D eigenvalue weighted by Gasteiger charge is 2.30. The van der Waals surface area contributed by atoms with Crippen LogP contribution in [0.1, 0.15) is 71.1 Å². The van der Waals surface area contributed by atoms with Gasteiger partial charge in [0.05, 0.1) is 12.7 Å². The molecule has 0 aromatic carbocycles. The molecule has 3 fully saturated rings. The van der Waals surface area contributed by atoms with Crippen molar-refractivity contribution in [3.63, 3.8) is 0 Å². The maximum atomic E-state index is 6.28. The lowest BCUT2D eigenvalue weighted by Crippen LogP contribution is -2.33. The molecule has 2 atom stereocenters. The van der Waals surface area contributed by atoms with Gasteiger partial charge in [-0.3, -0.25) is 0 Å². The first kappa shape index (κ1) is 17.3. The molecule has 2 unspecified atom stereocenters. The summed E-state index contributed by atoms with van der Waals surface area (Å²) in [7, 11) is 0. The summed E-state index contributed by atoms with van der Waals surface area (Å²) in [5, 5.41) is 0. The van der Waals surface area contributed by atoms with Crippen LogP contribution in [0.5, 0.6) is 0 Å². The quantitative estimate of drug-likeness (QED) is 0.565. The Bertz CT molecular complexity index is 375. The fourth-order valence-corrected chi connectivity index (χ4v) is 4.86. The fraction of sp³-hybridized carbons (Fsp3) is 0.818. The Kier molecular flexibility index (Phi) is 6.39. The van der Waals surface area contributed by atoms with Gasteiger partial charge in [0.2, 0.25) is 0 Å². The molecule has 1 heteroatoms. The van der Waals surface area contributed by atoms with E-state index in [1.54, 1.807) is 0 Å². The van der Waals surface area contributed by atoms with E-state index in [2.05, 4.69) is 31.7 Å². The lowest BCUT2D eigenvalue weighted by atomic mass is 9.77. The highest BCUT2D eigenvalue weighted by atomic mass is 16.5. The first-order valence-electron chi connectivity index (χ1n) is 10.2. The van der Waals surface area contributed by atoms with Gasteiger partial charge in [0.15, 0.2) is 0 Å². The van der Waals surface area contributed by atoms with Crippen molar-refractivity contribution >= 4 is 0 Å². The van der Waals surface area contributed by atoms with Crippen molar-refractivity contribution in [3.8, 4) is 0 Å². The molecule has 3 rings (SSSR count). The SMILES string of the molecule is C=CC1CCC(C2CCC(/C=C/C3CCC(C)CC3)CO2)CC1. The normalized spacial score (nSPS) is 42.7. The molecule has 0 N–H and O–H groups in total. The van der Waals surface area contributed by atoms with Crippen molar-refractivity contribution in [3.05, 3.63) is 24.8 Å². The number of allylic oxidation sites excluding steroid dienone is 2. The molecule has 1 aliphatic heterocycles. The van der Waals surface area contributed by atoms with Crippen LogP contribution < -0.4 is 0 Å². The Balaban J connectivity index is 1.38. The van der Waals surface area contributed by atoms with E-state index in [0.717, 1.165) is 30.3 Å². The minimum atomic E-state index is 0.543. The largest absolute Gasteiger partial charge is 0.377 e. The van der Waals surface area contributed by atoms with Crippen LogP contribution in [0.15, 0.2) is 24.8 Å². The molecule has 0 spiro atoms. The Morgan fingerprint density at radius 1 is 0.739 bits per heavy atom. The van der Waals surface area contributed by atoms with Crippen molar-refractivity contribution < 1.29 is 4.74 Å². The number of rotatable bonds is 4. The van der Waals surface area contributed by atoms with Gasteiger partial charge in [-0.2, -0.15) is 0 Å². The summed E-state index contributed by atoms with van der Waals surface area (Å²) >= 11 is 0. The molecule has 1 nitrogen and oxygen atoms in total. The molecule has 0 aromatic heterocycles. The predicted octanol–water partition coefficient (Wildman–Crippen LogP) is 6.16. The molecular formula is C22H36O. The van der Waals surface area contributed by atoms with Gasteiger partial charge in [-0.15, -0.1) is 6.58 Å². The highest BCUT2D eigenvalue weighted by Crippen LogP contribution is 2.36. The third-order valence-electron chi connectivity index (χ3n) is 6.74. The van der Waals surface area contributed by atoms with Gasteiger partial charge in [-0.1, -0.05) is 38.0 Å². The molecule has 0 aromatic rings. The van der Waals surface area contributed by atoms with Gasteiger partial charge in [0, 0.05) is 5.92 Å². The van der Waals surface area contributed by atoms with Gasteiger partial charge in [-0.25, -0.2) is 0 Å². The van der Waals surface area contributed by atoms with Crippen LogP contribution in [-0.2, 0) is 4.74 Å². The van der Waals surface area contributed by atoms with E-state index in [-0.39, 0.29) is 0 Å². The topological polar surface area (TPSA) is 9.23 Å². The summed E-state index contributed by atoms with van der Waals surface area (Å²) in [6.45, 7) is 7.32. The monoisotopic (exact) mass is 316 g/mol. The Hall–Kier alpha value is -0.560. The van der Waals surface area contributed by atoms with Gasteiger partial charge < -0.3 is 4.74 Å². The molecule has 1 heterocycles. The van der Waals surface area contributed by atoms with Crippen LogP contribution in [0.3, 0.4) is 0 Å². The summed E-state index contributed by atoms with van der Waals surface area (Å²) in [5.74, 6) is 4.06. The second-order valence-electron chi connectivity index (χ2n) is 8.52. The predicted molar refractivity (Wildman–Crippen MR) is 98.4 cm³/mol. The number of hydrogen-bond donors (Lipinski definition) is 0. The lowest BCUT2D eigenvalue weighted by molar-refractivity contribution is -0.0479. The molecule has 130 valence electrons. The van der Waals surface area contributed by atoms with E-state index >= 15 is 0 Å². The van der Waals surface area contributed by atoms with Crippen molar-refractivity contribution in [2.45, 2.75) is 77.2 Å². The molecule has 0 amide bonds. The zero-order chi connectivity index (χ0) is 16.1. The van der Waals surface area contributed by atoms with Crippen LogP contribution >= 0.6 is 0 Å². The molecule has 0 radical (unpaired) electrons. The third-order valence-corrected chi connectivity index (χ3v) is 6.74. The van der Waals surface area contributed by atoms with Gasteiger partial charge in [-0.05, 0) is 75.0 Å². The zero-order valence-corrected chi connectivity index (χ0v) is 15.1. The van der Waals surface area contributed by atoms with E-state index in [9.17, 15) is 0 Å². The van der Waals surface area contributed by atoms with Gasteiger partial charge >= 0.3 is 0 Å². The molecule has 3 aliphatic rings. The van der Waals surface area contributed by atoms with E-state index in [1.165, 1.54) is 64.2 Å². The number of hydrogen-bond acceptors (Lipinski definition) is 1. The average molecular weight is 317 g/mol. The van der Waals surface area contributed by atoms with E-state index in [4.69, 9.17) is 4.74 Å². The first-order chi connectivity index (χ1) is 11.2. The van der Waals surface area contributed by atoms with Crippen molar-refractivity contribution in [1.82, 2.24) is 0 Å². The summed E-state index contributed by atoms with van der Waals surface area (Å²) in [6.07, 6.45) is 21.3. The van der Waals surface area contributed by atoms with Crippen LogP contribution in [0.4, 0.5) is 0 Å². The average Bonchev–Trinajstić information content (AvgIpc) is 2.62. The van der Waals surface area contributed by atoms with Crippen LogP contribution in [0.2, 0.25) is 0 Å². The van der Waals surface area contributed by atoms with E-state index in [1.807, 2.05) is 0 Å². The smallest absolute Gasteiger partial charge is 0.0603 e. The third kappa shape index (κ3) is 4.95. The van der Waals surface area contributed by atoms with Crippen molar-refractivity contribution in [1.29, 1.82) is 0 Å². The lowest BCUT2D eigenvalue weighted by Gasteiger charge is -2.37. The van der Waals surface area contributed by atoms with Gasteiger partial charge in [0.1, 0.15) is 0 Å². The van der Waals surface area contributed by atoms with Crippen LogP contribution in [0, 0.1) is 29.6 Å². The maximum Gasteiger partial charge on any atom is 0.0603 e. The highest BCUT2D eigenvalue weighted by molar-refractivity contribution is 4.96. The number of ether oxygens (including phenoxy) is 1. The minimum Gasteiger partial charge on any atom is -0.377 e.